The number of rotatable bonds is 9. The average molecular weight is 492 g/mol. The van der Waals surface area contributed by atoms with Gasteiger partial charge in [0.15, 0.2) is 0 Å². The molecule has 1 N–H and O–H groups in total. The standard InChI is InChI=1S/C11H16O.C4H10O.C4H10.C3H9N.C3H8O.C3H8S/c1-10(12-2)8-9-11-6-4-3-5-7-11;1-4(2)5-3;4*1-3-4-2/h3-7,10H,8-9H2,1-2H3;4H,1-3H3;3-4H2,1-2H3;4H,3H2,1-2H3;2*3H2,1-2H3. The SMILES string of the molecule is CCCC.CCNC.CCOC.CCSC.COC(C)C.COC(C)CCc1ccccc1. The van der Waals surface area contributed by atoms with Crippen molar-refractivity contribution in [2.45, 2.75) is 93.3 Å². The first-order valence-corrected chi connectivity index (χ1v) is 13.9. The number of methoxy groups -OCH3 is 3. The molecular weight excluding hydrogens is 430 g/mol. The van der Waals surface area contributed by atoms with Crippen LogP contribution in [0.25, 0.3) is 0 Å². The van der Waals surface area contributed by atoms with Gasteiger partial charge >= 0.3 is 0 Å². The number of hydrogen-bond donors (Lipinski definition) is 1. The van der Waals surface area contributed by atoms with E-state index >= 15 is 0 Å². The number of unbranched alkanes of at least 4 members (excludes halogenated alkanes) is 1. The molecule has 4 nitrogen and oxygen atoms in total. The number of benzene rings is 1. The minimum Gasteiger partial charge on any atom is -0.385 e. The molecule has 1 atom stereocenters. The number of hydrogen-bond acceptors (Lipinski definition) is 5. The van der Waals surface area contributed by atoms with Gasteiger partial charge in [0.05, 0.1) is 12.2 Å². The molecular formula is C28H61NO3S. The zero-order valence-corrected chi connectivity index (χ0v) is 25.4. The Hall–Kier alpha value is -0.590. The molecule has 0 aliphatic carbocycles. The van der Waals surface area contributed by atoms with E-state index in [0.717, 1.165) is 26.0 Å². The summed E-state index contributed by atoms with van der Waals surface area (Å²) < 4.78 is 14.5. The molecule has 1 rings (SSSR count). The fourth-order valence-corrected chi connectivity index (χ4v) is 1.13. The van der Waals surface area contributed by atoms with Crippen LogP contribution in [-0.2, 0) is 20.6 Å². The molecule has 0 spiro atoms. The van der Waals surface area contributed by atoms with Crippen molar-refractivity contribution in [3.63, 3.8) is 0 Å². The molecule has 0 saturated carbocycles. The van der Waals surface area contributed by atoms with Gasteiger partial charge in [-0.1, -0.05) is 70.9 Å². The van der Waals surface area contributed by atoms with Crippen molar-refractivity contribution in [2.75, 3.05) is 53.5 Å². The summed E-state index contributed by atoms with van der Waals surface area (Å²) in [7, 11) is 7.07. The molecule has 0 fully saturated rings. The number of thioether (sulfide) groups is 1. The van der Waals surface area contributed by atoms with E-state index in [0.29, 0.717) is 12.2 Å². The Balaban J connectivity index is -0.000000105. The fraction of sp³-hybridized carbons (Fsp3) is 0.786. The van der Waals surface area contributed by atoms with Crippen LogP contribution >= 0.6 is 11.8 Å². The highest BCUT2D eigenvalue weighted by Crippen LogP contribution is 2.05. The van der Waals surface area contributed by atoms with Gasteiger partial charge in [-0.05, 0) is 71.7 Å². The molecule has 0 bridgehead atoms. The van der Waals surface area contributed by atoms with E-state index in [1.54, 1.807) is 21.3 Å². The molecule has 0 aromatic heterocycles. The Bertz CT molecular complexity index is 355. The molecule has 0 aliphatic rings. The van der Waals surface area contributed by atoms with Crippen LogP contribution in [0.2, 0.25) is 0 Å². The largest absolute Gasteiger partial charge is 0.385 e. The topological polar surface area (TPSA) is 39.7 Å². The van der Waals surface area contributed by atoms with Crippen LogP contribution in [0.1, 0.15) is 80.2 Å². The quantitative estimate of drug-likeness (QED) is 0.382. The third kappa shape index (κ3) is 65.2. The fourth-order valence-electron chi connectivity index (χ4n) is 1.13. The van der Waals surface area contributed by atoms with Crippen molar-refractivity contribution < 1.29 is 14.2 Å². The van der Waals surface area contributed by atoms with E-state index in [-0.39, 0.29) is 0 Å². The van der Waals surface area contributed by atoms with Gasteiger partial charge in [0.1, 0.15) is 0 Å². The van der Waals surface area contributed by atoms with Crippen molar-refractivity contribution in [1.29, 1.82) is 0 Å². The van der Waals surface area contributed by atoms with Gasteiger partial charge in [-0.3, -0.25) is 0 Å². The van der Waals surface area contributed by atoms with Crippen LogP contribution in [0.5, 0.6) is 0 Å². The normalized spacial score (nSPS) is 9.76. The highest BCUT2D eigenvalue weighted by atomic mass is 32.2. The van der Waals surface area contributed by atoms with E-state index in [9.17, 15) is 0 Å². The Morgan fingerprint density at radius 1 is 0.848 bits per heavy atom. The summed E-state index contributed by atoms with van der Waals surface area (Å²) in [5.74, 6) is 1.24. The maximum atomic E-state index is 5.17. The molecule has 1 unspecified atom stereocenters. The van der Waals surface area contributed by atoms with Crippen LogP contribution < -0.4 is 5.32 Å². The van der Waals surface area contributed by atoms with Gasteiger partial charge in [0.25, 0.3) is 0 Å². The van der Waals surface area contributed by atoms with Crippen LogP contribution in [0.15, 0.2) is 30.3 Å². The zero-order chi connectivity index (χ0) is 26.8. The average Bonchev–Trinajstić information content (AvgIpc) is 2.88. The number of ether oxygens (including phenoxy) is 3. The molecule has 0 amide bonds. The Labute approximate surface area is 214 Å². The smallest absolute Gasteiger partial charge is 0.0546 e. The van der Waals surface area contributed by atoms with E-state index in [4.69, 9.17) is 9.47 Å². The predicted molar refractivity (Wildman–Crippen MR) is 155 cm³/mol. The Kier molecular flexibility index (Phi) is 58.0. The molecule has 33 heavy (non-hydrogen) atoms. The third-order valence-corrected chi connectivity index (χ3v) is 4.56. The zero-order valence-electron chi connectivity index (χ0n) is 24.6. The van der Waals surface area contributed by atoms with E-state index in [1.807, 2.05) is 45.6 Å². The van der Waals surface area contributed by atoms with Gasteiger partial charge < -0.3 is 19.5 Å². The molecule has 202 valence electrons. The van der Waals surface area contributed by atoms with Crippen LogP contribution in [0.3, 0.4) is 0 Å². The van der Waals surface area contributed by atoms with Crippen molar-refractivity contribution in [1.82, 2.24) is 5.32 Å². The first-order chi connectivity index (χ1) is 15.8. The summed E-state index contributed by atoms with van der Waals surface area (Å²) in [6.07, 6.45) is 7.69. The first kappa shape index (κ1) is 42.6. The number of nitrogens with one attached hydrogen (secondary N) is 1. The van der Waals surface area contributed by atoms with Crippen molar-refractivity contribution in [3.8, 4) is 0 Å². The second-order valence-corrected chi connectivity index (χ2v) is 8.37. The summed E-state index contributed by atoms with van der Waals surface area (Å²) >= 11 is 1.86. The lowest BCUT2D eigenvalue weighted by Crippen LogP contribution is -2.05. The van der Waals surface area contributed by atoms with Gasteiger partial charge in [-0.2, -0.15) is 11.8 Å². The predicted octanol–water partition coefficient (Wildman–Crippen LogP) is 7.75. The molecule has 0 heterocycles. The molecule has 0 aliphatic heterocycles. The van der Waals surface area contributed by atoms with Gasteiger partial charge in [0, 0.05) is 27.9 Å². The monoisotopic (exact) mass is 491 g/mol. The number of aryl methyl sites for hydroxylation is 1. The van der Waals surface area contributed by atoms with E-state index in [2.05, 4.69) is 75.2 Å². The summed E-state index contributed by atoms with van der Waals surface area (Å²) in [4.78, 5) is 0. The third-order valence-electron chi connectivity index (χ3n) is 3.99. The van der Waals surface area contributed by atoms with Crippen molar-refractivity contribution in [3.05, 3.63) is 35.9 Å². The maximum absolute atomic E-state index is 5.17. The van der Waals surface area contributed by atoms with Crippen molar-refractivity contribution in [2.24, 2.45) is 0 Å². The lowest BCUT2D eigenvalue weighted by Gasteiger charge is -2.08. The second-order valence-electron chi connectivity index (χ2n) is 7.22. The van der Waals surface area contributed by atoms with Gasteiger partial charge in [0.2, 0.25) is 0 Å². The molecule has 0 radical (unpaired) electrons. The van der Waals surface area contributed by atoms with Crippen LogP contribution in [0.4, 0.5) is 0 Å². The van der Waals surface area contributed by atoms with Gasteiger partial charge in [-0.15, -0.1) is 0 Å². The van der Waals surface area contributed by atoms with Gasteiger partial charge in [-0.25, -0.2) is 0 Å². The first-order valence-electron chi connectivity index (χ1n) is 12.5. The van der Waals surface area contributed by atoms with Crippen molar-refractivity contribution >= 4 is 11.8 Å². The van der Waals surface area contributed by atoms with Crippen LogP contribution in [0, 0.1) is 0 Å². The minimum absolute atomic E-state index is 0.366. The lowest BCUT2D eigenvalue weighted by molar-refractivity contribution is 0.111. The maximum Gasteiger partial charge on any atom is 0.0546 e. The Morgan fingerprint density at radius 2 is 1.24 bits per heavy atom. The summed E-state index contributed by atoms with van der Waals surface area (Å²) in [5, 5.41) is 2.93. The molecule has 5 heteroatoms. The van der Waals surface area contributed by atoms with E-state index in [1.165, 1.54) is 24.2 Å². The highest BCUT2D eigenvalue weighted by Gasteiger charge is 1.98. The molecule has 0 saturated heterocycles. The molecule has 1 aromatic carbocycles. The summed E-state index contributed by atoms with van der Waals surface area (Å²) in [6, 6.07) is 10.5. The lowest BCUT2D eigenvalue weighted by atomic mass is 10.1. The highest BCUT2D eigenvalue weighted by molar-refractivity contribution is 7.98. The summed E-state index contributed by atoms with van der Waals surface area (Å²) in [5.41, 5.74) is 1.39. The Morgan fingerprint density at radius 3 is 1.45 bits per heavy atom. The molecule has 1 aromatic rings. The van der Waals surface area contributed by atoms with E-state index < -0.39 is 0 Å². The summed E-state index contributed by atoms with van der Waals surface area (Å²) in [6.45, 7) is 18.5. The van der Waals surface area contributed by atoms with Crippen LogP contribution in [-0.4, -0.2) is 65.7 Å². The minimum atomic E-state index is 0.366. The second kappa shape index (κ2) is 45.0.